The monoisotopic (exact) mass is 308 g/mol. The van der Waals surface area contributed by atoms with Crippen molar-refractivity contribution in [1.82, 2.24) is 4.90 Å². The second-order valence-electron chi connectivity index (χ2n) is 6.30. The summed E-state index contributed by atoms with van der Waals surface area (Å²) in [6.45, 7) is 5.78. The second-order valence-corrected chi connectivity index (χ2v) is 6.30. The Balaban J connectivity index is 2.05. The fourth-order valence-corrected chi connectivity index (χ4v) is 2.36. The number of para-hydroxylation sites is 1. The van der Waals surface area contributed by atoms with E-state index in [0.717, 1.165) is 0 Å². The van der Waals surface area contributed by atoms with Gasteiger partial charge >= 0.3 is 6.09 Å². The zero-order valence-electron chi connectivity index (χ0n) is 13.1. The van der Waals surface area contributed by atoms with Gasteiger partial charge in [-0.1, -0.05) is 12.1 Å². The molecule has 0 saturated carbocycles. The van der Waals surface area contributed by atoms with Crippen LogP contribution >= 0.6 is 0 Å². The number of halogens is 1. The van der Waals surface area contributed by atoms with Crippen LogP contribution in [0.3, 0.4) is 0 Å². The number of benzene rings is 1. The first-order valence-corrected chi connectivity index (χ1v) is 7.33. The van der Waals surface area contributed by atoms with E-state index >= 15 is 0 Å². The summed E-state index contributed by atoms with van der Waals surface area (Å²) in [6, 6.07) is 5.32. The first-order chi connectivity index (χ1) is 10.3. The van der Waals surface area contributed by atoms with Crippen molar-refractivity contribution in [2.45, 2.75) is 45.3 Å². The molecular formula is C16H21FN2O3. The lowest BCUT2D eigenvalue weighted by molar-refractivity contribution is -0.120. The number of hydrogen-bond acceptors (Lipinski definition) is 3. The predicted molar refractivity (Wildman–Crippen MR) is 81.0 cm³/mol. The SMILES string of the molecule is CC(C)(C)OC(=O)N1CCCC1C(=O)Nc1ccccc1F. The van der Waals surface area contributed by atoms with Gasteiger partial charge in [-0.25, -0.2) is 9.18 Å². The highest BCUT2D eigenvalue weighted by Crippen LogP contribution is 2.22. The highest BCUT2D eigenvalue weighted by atomic mass is 19.1. The normalized spacial score (nSPS) is 18.2. The summed E-state index contributed by atoms with van der Waals surface area (Å²) in [6.07, 6.45) is 0.743. The summed E-state index contributed by atoms with van der Waals surface area (Å²) >= 11 is 0. The van der Waals surface area contributed by atoms with Gasteiger partial charge in [-0.3, -0.25) is 9.69 Å². The van der Waals surface area contributed by atoms with E-state index in [4.69, 9.17) is 4.74 Å². The van der Waals surface area contributed by atoms with Crippen molar-refractivity contribution in [2.24, 2.45) is 0 Å². The number of carbonyl (C=O) groups is 2. The lowest BCUT2D eigenvalue weighted by atomic mass is 10.2. The second kappa shape index (κ2) is 6.34. The molecule has 1 N–H and O–H groups in total. The topological polar surface area (TPSA) is 58.6 Å². The van der Waals surface area contributed by atoms with Crippen LogP contribution in [0.5, 0.6) is 0 Å². The quantitative estimate of drug-likeness (QED) is 0.913. The summed E-state index contributed by atoms with van der Waals surface area (Å²) in [5.74, 6) is -0.897. The van der Waals surface area contributed by atoms with Gasteiger partial charge in [0.1, 0.15) is 17.5 Å². The van der Waals surface area contributed by atoms with E-state index in [1.54, 1.807) is 32.9 Å². The van der Waals surface area contributed by atoms with Crippen LogP contribution in [-0.4, -0.2) is 35.1 Å². The van der Waals surface area contributed by atoms with Gasteiger partial charge in [0.2, 0.25) is 5.91 Å². The molecule has 2 amide bonds. The Morgan fingerprint density at radius 3 is 2.64 bits per heavy atom. The van der Waals surface area contributed by atoms with Crippen LogP contribution < -0.4 is 5.32 Å². The van der Waals surface area contributed by atoms with Crippen molar-refractivity contribution in [1.29, 1.82) is 0 Å². The van der Waals surface area contributed by atoms with Crippen LogP contribution in [0, 0.1) is 5.82 Å². The van der Waals surface area contributed by atoms with Crippen LogP contribution in [0.2, 0.25) is 0 Å². The van der Waals surface area contributed by atoms with Gasteiger partial charge < -0.3 is 10.1 Å². The maximum atomic E-state index is 13.6. The molecule has 1 aliphatic rings. The number of nitrogens with one attached hydrogen (secondary N) is 1. The van der Waals surface area contributed by atoms with Crippen LogP contribution in [-0.2, 0) is 9.53 Å². The fraction of sp³-hybridized carbons (Fsp3) is 0.500. The minimum absolute atomic E-state index is 0.114. The van der Waals surface area contributed by atoms with Crippen LogP contribution in [0.25, 0.3) is 0 Å². The molecule has 0 spiro atoms. The molecule has 1 unspecified atom stereocenters. The molecule has 1 aliphatic heterocycles. The van der Waals surface area contributed by atoms with Gasteiger partial charge in [-0.05, 0) is 45.7 Å². The van der Waals surface area contributed by atoms with Crippen LogP contribution in [0.4, 0.5) is 14.9 Å². The van der Waals surface area contributed by atoms with Gasteiger partial charge in [0, 0.05) is 6.54 Å². The van der Waals surface area contributed by atoms with E-state index in [0.29, 0.717) is 19.4 Å². The number of anilines is 1. The van der Waals surface area contributed by atoms with Gasteiger partial charge in [0.25, 0.3) is 0 Å². The zero-order valence-corrected chi connectivity index (χ0v) is 13.1. The predicted octanol–water partition coefficient (Wildman–Crippen LogP) is 3.16. The molecule has 1 aromatic rings. The Kier molecular flexibility index (Phi) is 4.68. The highest BCUT2D eigenvalue weighted by molar-refractivity contribution is 5.96. The van der Waals surface area contributed by atoms with E-state index in [9.17, 15) is 14.0 Å². The number of nitrogens with zero attached hydrogens (tertiary/aromatic N) is 1. The Hall–Kier alpha value is -2.11. The fourth-order valence-electron chi connectivity index (χ4n) is 2.36. The first kappa shape index (κ1) is 16.3. The van der Waals surface area contributed by atoms with Crippen LogP contribution in [0.15, 0.2) is 24.3 Å². The summed E-state index contributed by atoms with van der Waals surface area (Å²) in [7, 11) is 0. The third kappa shape index (κ3) is 3.96. The molecule has 0 bridgehead atoms. The van der Waals surface area contributed by atoms with Crippen molar-refractivity contribution in [2.75, 3.05) is 11.9 Å². The Labute approximate surface area is 129 Å². The maximum Gasteiger partial charge on any atom is 0.410 e. The lowest BCUT2D eigenvalue weighted by Crippen LogP contribution is -2.45. The average Bonchev–Trinajstić information content (AvgIpc) is 2.89. The van der Waals surface area contributed by atoms with Gasteiger partial charge in [0.05, 0.1) is 5.69 Å². The van der Waals surface area contributed by atoms with E-state index in [1.807, 2.05) is 0 Å². The smallest absolute Gasteiger partial charge is 0.410 e. The molecular weight excluding hydrogens is 287 g/mol. The molecule has 1 atom stereocenters. The number of likely N-dealkylation sites (tertiary alicyclic amines) is 1. The Morgan fingerprint density at radius 2 is 2.00 bits per heavy atom. The standard InChI is InChI=1S/C16H21FN2O3/c1-16(2,3)22-15(21)19-10-6-9-13(19)14(20)18-12-8-5-4-7-11(12)17/h4-5,7-8,13H,6,9-10H2,1-3H3,(H,18,20). The van der Waals surface area contributed by atoms with E-state index in [2.05, 4.69) is 5.32 Å². The molecule has 6 heteroatoms. The minimum Gasteiger partial charge on any atom is -0.444 e. The van der Waals surface area contributed by atoms with Crippen molar-refractivity contribution >= 4 is 17.7 Å². The highest BCUT2D eigenvalue weighted by Gasteiger charge is 2.36. The largest absolute Gasteiger partial charge is 0.444 e. The van der Waals surface area contributed by atoms with E-state index < -0.39 is 29.5 Å². The molecule has 2 rings (SSSR count). The van der Waals surface area contributed by atoms with E-state index in [1.165, 1.54) is 17.0 Å². The molecule has 0 radical (unpaired) electrons. The minimum atomic E-state index is -0.630. The summed E-state index contributed by atoms with van der Waals surface area (Å²) in [5.41, 5.74) is -0.504. The molecule has 120 valence electrons. The third-order valence-corrected chi connectivity index (χ3v) is 3.32. The number of rotatable bonds is 2. The summed E-state index contributed by atoms with van der Waals surface area (Å²) in [4.78, 5) is 25.9. The summed E-state index contributed by atoms with van der Waals surface area (Å²) in [5, 5.41) is 2.54. The number of hydrogen-bond donors (Lipinski definition) is 1. The first-order valence-electron chi connectivity index (χ1n) is 7.33. The Bertz CT molecular complexity index is 569. The van der Waals surface area contributed by atoms with Crippen LogP contribution in [0.1, 0.15) is 33.6 Å². The van der Waals surface area contributed by atoms with Gasteiger partial charge in [-0.15, -0.1) is 0 Å². The number of amides is 2. The molecule has 5 nitrogen and oxygen atoms in total. The third-order valence-electron chi connectivity index (χ3n) is 3.32. The molecule has 1 fully saturated rings. The number of ether oxygens (including phenoxy) is 1. The molecule has 22 heavy (non-hydrogen) atoms. The Morgan fingerprint density at radius 1 is 1.32 bits per heavy atom. The molecule has 0 aromatic heterocycles. The van der Waals surface area contributed by atoms with Gasteiger partial charge in [0.15, 0.2) is 0 Å². The zero-order chi connectivity index (χ0) is 16.3. The average molecular weight is 308 g/mol. The molecule has 1 aromatic carbocycles. The van der Waals surface area contributed by atoms with E-state index in [-0.39, 0.29) is 5.69 Å². The lowest BCUT2D eigenvalue weighted by Gasteiger charge is -2.28. The maximum absolute atomic E-state index is 13.6. The van der Waals surface area contributed by atoms with Crippen molar-refractivity contribution in [3.05, 3.63) is 30.1 Å². The van der Waals surface area contributed by atoms with Gasteiger partial charge in [-0.2, -0.15) is 0 Å². The molecule has 1 saturated heterocycles. The van der Waals surface area contributed by atoms with Crippen molar-refractivity contribution < 1.29 is 18.7 Å². The summed E-state index contributed by atoms with van der Waals surface area (Å²) < 4.78 is 18.9. The molecule has 0 aliphatic carbocycles. The van der Waals surface area contributed by atoms with Crippen molar-refractivity contribution in [3.8, 4) is 0 Å². The van der Waals surface area contributed by atoms with Crippen molar-refractivity contribution in [3.63, 3.8) is 0 Å². The molecule has 1 heterocycles. The number of carbonyl (C=O) groups excluding carboxylic acids is 2.